The van der Waals surface area contributed by atoms with Crippen molar-refractivity contribution in [3.8, 4) is 0 Å². The van der Waals surface area contributed by atoms with E-state index in [0.29, 0.717) is 17.7 Å². The zero-order chi connectivity index (χ0) is 14.5. The Hall–Kier alpha value is -1.61. The molecule has 0 saturated heterocycles. The second-order valence-corrected chi connectivity index (χ2v) is 5.26. The highest BCUT2D eigenvalue weighted by atomic mass is 35.5. The van der Waals surface area contributed by atoms with Gasteiger partial charge in [0.15, 0.2) is 0 Å². The molecule has 1 aromatic rings. The number of carbonyl (C=O) groups is 2. The first-order valence-corrected chi connectivity index (χ1v) is 7.36. The van der Waals surface area contributed by atoms with Crippen LogP contribution in [0.1, 0.15) is 38.2 Å². The van der Waals surface area contributed by atoms with Gasteiger partial charge in [-0.05, 0) is 12.0 Å². The van der Waals surface area contributed by atoms with Gasteiger partial charge >= 0.3 is 0 Å². The number of unbranched alkanes of at least 4 members (excludes halogenated alkanes) is 3. The van der Waals surface area contributed by atoms with Crippen LogP contribution in [-0.2, 0) is 9.59 Å². The van der Waals surface area contributed by atoms with Crippen LogP contribution in [-0.4, -0.2) is 23.3 Å². The predicted molar refractivity (Wildman–Crippen MR) is 80.1 cm³/mol. The molecule has 0 bridgehead atoms. The van der Waals surface area contributed by atoms with Crippen molar-refractivity contribution in [2.45, 2.75) is 32.6 Å². The van der Waals surface area contributed by atoms with E-state index in [0.717, 1.165) is 25.7 Å². The van der Waals surface area contributed by atoms with E-state index < -0.39 is 0 Å². The Labute approximate surface area is 124 Å². The van der Waals surface area contributed by atoms with E-state index in [9.17, 15) is 9.59 Å². The molecule has 1 aliphatic rings. The van der Waals surface area contributed by atoms with Gasteiger partial charge in [-0.25, -0.2) is 0 Å². The van der Waals surface area contributed by atoms with E-state index >= 15 is 0 Å². The van der Waals surface area contributed by atoms with Gasteiger partial charge in [0.1, 0.15) is 5.03 Å². The van der Waals surface area contributed by atoms with Gasteiger partial charge in [-0.3, -0.25) is 14.5 Å². The van der Waals surface area contributed by atoms with Crippen LogP contribution < -0.4 is 0 Å². The number of hydrogen-bond acceptors (Lipinski definition) is 2. The molecular weight excluding hydrogens is 274 g/mol. The standard InChI is InChI=1S/C16H18ClNO2/c1-2-3-4-8-11-18-15(19)13(14(17)16(18)20)12-9-6-5-7-10-12/h5-7,9-10H,2-4,8,11H2,1H3. The van der Waals surface area contributed by atoms with Crippen molar-refractivity contribution >= 4 is 29.0 Å². The average Bonchev–Trinajstić information content (AvgIpc) is 2.67. The molecule has 0 aliphatic carbocycles. The molecule has 0 spiro atoms. The first-order chi connectivity index (χ1) is 9.66. The van der Waals surface area contributed by atoms with Gasteiger partial charge < -0.3 is 0 Å². The Bertz CT molecular complexity index is 537. The molecule has 0 aromatic heterocycles. The fourth-order valence-electron chi connectivity index (χ4n) is 2.30. The summed E-state index contributed by atoms with van der Waals surface area (Å²) in [6, 6.07) is 9.11. The molecule has 0 saturated carbocycles. The van der Waals surface area contributed by atoms with Crippen molar-refractivity contribution in [3.63, 3.8) is 0 Å². The zero-order valence-corrected chi connectivity index (χ0v) is 12.3. The second kappa shape index (κ2) is 6.71. The molecule has 2 rings (SSSR count). The van der Waals surface area contributed by atoms with Crippen molar-refractivity contribution in [1.29, 1.82) is 0 Å². The van der Waals surface area contributed by atoms with Crippen molar-refractivity contribution in [2.24, 2.45) is 0 Å². The van der Waals surface area contributed by atoms with Crippen LogP contribution in [0.4, 0.5) is 0 Å². The third-order valence-corrected chi connectivity index (χ3v) is 3.76. The van der Waals surface area contributed by atoms with Crippen LogP contribution in [0, 0.1) is 0 Å². The molecule has 0 unspecified atom stereocenters. The quantitative estimate of drug-likeness (QED) is 0.593. The summed E-state index contributed by atoms with van der Waals surface area (Å²) in [7, 11) is 0. The summed E-state index contributed by atoms with van der Waals surface area (Å²) in [6.07, 6.45) is 4.09. The van der Waals surface area contributed by atoms with Crippen LogP contribution in [0.3, 0.4) is 0 Å². The van der Waals surface area contributed by atoms with Crippen molar-refractivity contribution in [3.05, 3.63) is 40.9 Å². The Morgan fingerprint density at radius 3 is 2.35 bits per heavy atom. The second-order valence-electron chi connectivity index (χ2n) is 4.88. The van der Waals surface area contributed by atoms with E-state index in [1.807, 2.05) is 18.2 Å². The minimum absolute atomic E-state index is 0.0386. The largest absolute Gasteiger partial charge is 0.274 e. The van der Waals surface area contributed by atoms with Crippen LogP contribution >= 0.6 is 11.6 Å². The molecule has 1 heterocycles. The molecule has 106 valence electrons. The van der Waals surface area contributed by atoms with Crippen LogP contribution in [0.2, 0.25) is 0 Å². The van der Waals surface area contributed by atoms with E-state index in [2.05, 4.69) is 6.92 Å². The van der Waals surface area contributed by atoms with Crippen LogP contribution in [0.5, 0.6) is 0 Å². The van der Waals surface area contributed by atoms with Gasteiger partial charge in [-0.1, -0.05) is 68.1 Å². The number of carbonyl (C=O) groups excluding carboxylic acids is 2. The molecule has 4 heteroatoms. The fourth-order valence-corrected chi connectivity index (χ4v) is 2.59. The zero-order valence-electron chi connectivity index (χ0n) is 11.6. The molecule has 0 N–H and O–H groups in total. The van der Waals surface area contributed by atoms with E-state index in [1.165, 1.54) is 4.90 Å². The maximum absolute atomic E-state index is 12.4. The highest BCUT2D eigenvalue weighted by Gasteiger charge is 2.37. The Balaban J connectivity index is 2.12. The van der Waals surface area contributed by atoms with Crippen molar-refractivity contribution in [2.75, 3.05) is 6.54 Å². The minimum atomic E-state index is -0.369. The lowest BCUT2D eigenvalue weighted by molar-refractivity contribution is -0.136. The summed E-state index contributed by atoms with van der Waals surface area (Å²) in [5.74, 6) is -0.644. The summed E-state index contributed by atoms with van der Waals surface area (Å²) in [4.78, 5) is 25.7. The molecule has 20 heavy (non-hydrogen) atoms. The van der Waals surface area contributed by atoms with Crippen LogP contribution in [0.25, 0.3) is 5.57 Å². The first-order valence-electron chi connectivity index (χ1n) is 6.98. The average molecular weight is 292 g/mol. The summed E-state index contributed by atoms with van der Waals surface area (Å²) in [6.45, 7) is 2.57. The maximum atomic E-state index is 12.4. The number of amides is 2. The van der Waals surface area contributed by atoms with Crippen molar-refractivity contribution in [1.82, 2.24) is 4.90 Å². The maximum Gasteiger partial charge on any atom is 0.273 e. The van der Waals surface area contributed by atoms with E-state index in [-0.39, 0.29) is 16.8 Å². The van der Waals surface area contributed by atoms with Gasteiger partial charge in [-0.15, -0.1) is 0 Å². The van der Waals surface area contributed by atoms with Gasteiger partial charge in [0.2, 0.25) is 0 Å². The summed E-state index contributed by atoms with van der Waals surface area (Å²) >= 11 is 6.06. The number of halogens is 1. The molecule has 0 atom stereocenters. The number of rotatable bonds is 6. The summed E-state index contributed by atoms with van der Waals surface area (Å²) < 4.78 is 0. The molecule has 0 radical (unpaired) electrons. The third-order valence-electron chi connectivity index (χ3n) is 3.41. The highest BCUT2D eigenvalue weighted by Crippen LogP contribution is 2.31. The SMILES string of the molecule is CCCCCCN1C(=O)C(Cl)=C(c2ccccc2)C1=O. The molecule has 1 aromatic carbocycles. The topological polar surface area (TPSA) is 37.4 Å². The predicted octanol–water partition coefficient (Wildman–Crippen LogP) is 3.59. The van der Waals surface area contributed by atoms with Gasteiger partial charge in [0.05, 0.1) is 5.57 Å². The Morgan fingerprint density at radius 2 is 1.70 bits per heavy atom. The number of imide groups is 1. The van der Waals surface area contributed by atoms with Gasteiger partial charge in [0.25, 0.3) is 11.8 Å². The molecule has 3 nitrogen and oxygen atoms in total. The van der Waals surface area contributed by atoms with Gasteiger partial charge in [-0.2, -0.15) is 0 Å². The number of benzene rings is 1. The lowest BCUT2D eigenvalue weighted by Gasteiger charge is -2.14. The number of hydrogen-bond donors (Lipinski definition) is 0. The lowest BCUT2D eigenvalue weighted by Crippen LogP contribution is -2.32. The minimum Gasteiger partial charge on any atom is -0.274 e. The van der Waals surface area contributed by atoms with E-state index in [4.69, 9.17) is 11.6 Å². The van der Waals surface area contributed by atoms with Gasteiger partial charge in [0, 0.05) is 6.54 Å². The Morgan fingerprint density at radius 1 is 1.00 bits per heavy atom. The fraction of sp³-hybridized carbons (Fsp3) is 0.375. The normalized spacial score (nSPS) is 15.4. The molecular formula is C16H18ClNO2. The highest BCUT2D eigenvalue weighted by molar-refractivity contribution is 6.55. The Kier molecular flexibility index (Phi) is 4.96. The van der Waals surface area contributed by atoms with Crippen LogP contribution in [0.15, 0.2) is 35.4 Å². The number of nitrogens with zero attached hydrogens (tertiary/aromatic N) is 1. The molecule has 1 aliphatic heterocycles. The smallest absolute Gasteiger partial charge is 0.273 e. The molecule has 0 fully saturated rings. The molecule has 2 amide bonds. The lowest BCUT2D eigenvalue weighted by atomic mass is 10.1. The third kappa shape index (κ3) is 2.93. The summed E-state index contributed by atoms with van der Waals surface area (Å²) in [5, 5.41) is 0.0386. The van der Waals surface area contributed by atoms with E-state index in [1.54, 1.807) is 12.1 Å². The monoisotopic (exact) mass is 291 g/mol. The first kappa shape index (κ1) is 14.8. The van der Waals surface area contributed by atoms with Crippen molar-refractivity contribution < 1.29 is 9.59 Å². The summed E-state index contributed by atoms with van der Waals surface area (Å²) in [5.41, 5.74) is 1.03.